The molecule has 0 spiro atoms. The molecule has 0 radical (unpaired) electrons. The van der Waals surface area contributed by atoms with Gasteiger partial charge in [-0.2, -0.15) is 13.2 Å². The SMILES string of the molecule is O=C1NC(=S)N(c2cccc(C(F)(F)F)c2)C(=O)/C1=C/c1cccn1-c1ccc(Br)cc1. The molecule has 10 heteroatoms. The molecule has 162 valence electrons. The molecule has 2 aromatic carbocycles. The topological polar surface area (TPSA) is 54.3 Å². The number of thiocarbonyl (C=S) groups is 1. The highest BCUT2D eigenvalue weighted by atomic mass is 79.9. The van der Waals surface area contributed by atoms with Gasteiger partial charge in [0.15, 0.2) is 5.11 Å². The summed E-state index contributed by atoms with van der Waals surface area (Å²) in [5, 5.41) is 2.09. The van der Waals surface area contributed by atoms with E-state index < -0.39 is 23.6 Å². The monoisotopic (exact) mass is 519 g/mol. The third-order valence-electron chi connectivity index (χ3n) is 4.71. The lowest BCUT2D eigenvalue weighted by molar-refractivity contribution is -0.137. The standard InChI is InChI=1S/C22H13BrF3N3O2S/c23-14-6-8-15(9-7-14)28-10-2-5-16(28)12-18-19(30)27-21(32)29(20(18)31)17-4-1-3-13(11-17)22(24,25)26/h1-12H,(H,27,30,32)/b18-12+. The lowest BCUT2D eigenvalue weighted by Gasteiger charge is -2.29. The molecule has 5 nitrogen and oxygen atoms in total. The van der Waals surface area contributed by atoms with Crippen LogP contribution in [0.3, 0.4) is 0 Å². The molecule has 3 aromatic rings. The van der Waals surface area contributed by atoms with Gasteiger partial charge >= 0.3 is 6.18 Å². The number of carbonyl (C=O) groups excluding carboxylic acids is 2. The number of hydrogen-bond donors (Lipinski definition) is 1. The molecule has 0 bridgehead atoms. The fourth-order valence-corrected chi connectivity index (χ4v) is 3.76. The van der Waals surface area contributed by atoms with Crippen LogP contribution >= 0.6 is 28.1 Å². The minimum atomic E-state index is -4.59. The predicted molar refractivity (Wildman–Crippen MR) is 121 cm³/mol. The number of anilines is 1. The second-order valence-corrected chi connectivity index (χ2v) is 8.09. The molecule has 2 heterocycles. The normalized spacial score (nSPS) is 15.9. The van der Waals surface area contributed by atoms with Gasteiger partial charge in [0.1, 0.15) is 5.57 Å². The van der Waals surface area contributed by atoms with Crippen LogP contribution in [-0.2, 0) is 15.8 Å². The maximum Gasteiger partial charge on any atom is 0.416 e. The molecule has 1 saturated heterocycles. The molecule has 0 atom stereocenters. The van der Waals surface area contributed by atoms with E-state index >= 15 is 0 Å². The summed E-state index contributed by atoms with van der Waals surface area (Å²) in [5.41, 5.74) is 0.0378. The van der Waals surface area contributed by atoms with E-state index in [1.807, 2.05) is 24.3 Å². The second-order valence-electron chi connectivity index (χ2n) is 6.79. The van der Waals surface area contributed by atoms with Crippen molar-refractivity contribution in [2.24, 2.45) is 0 Å². The zero-order chi connectivity index (χ0) is 23.0. The van der Waals surface area contributed by atoms with Gasteiger partial charge in [-0.15, -0.1) is 0 Å². The van der Waals surface area contributed by atoms with Crippen molar-refractivity contribution < 1.29 is 22.8 Å². The van der Waals surface area contributed by atoms with E-state index in [0.29, 0.717) is 5.69 Å². The Balaban J connectivity index is 1.74. The van der Waals surface area contributed by atoms with Gasteiger partial charge in [-0.1, -0.05) is 22.0 Å². The zero-order valence-electron chi connectivity index (χ0n) is 16.1. The third-order valence-corrected chi connectivity index (χ3v) is 5.52. The predicted octanol–water partition coefficient (Wildman–Crippen LogP) is 5.09. The molecule has 1 fully saturated rings. The van der Waals surface area contributed by atoms with Crippen LogP contribution in [-0.4, -0.2) is 21.5 Å². The summed E-state index contributed by atoms with van der Waals surface area (Å²) in [4.78, 5) is 26.5. The summed E-state index contributed by atoms with van der Waals surface area (Å²) in [6.45, 7) is 0. The van der Waals surface area contributed by atoms with Crippen LogP contribution in [0.1, 0.15) is 11.3 Å². The molecular weight excluding hydrogens is 507 g/mol. The Kier molecular flexibility index (Phi) is 5.74. The minimum Gasteiger partial charge on any atom is -0.317 e. The van der Waals surface area contributed by atoms with Crippen LogP contribution < -0.4 is 10.2 Å². The van der Waals surface area contributed by atoms with Crippen LogP contribution in [0, 0.1) is 0 Å². The maximum absolute atomic E-state index is 13.1. The van der Waals surface area contributed by atoms with Gasteiger partial charge in [0, 0.05) is 22.1 Å². The fraction of sp³-hybridized carbons (Fsp3) is 0.0455. The lowest BCUT2D eigenvalue weighted by atomic mass is 10.1. The molecule has 2 amide bonds. The summed E-state index contributed by atoms with van der Waals surface area (Å²) < 4.78 is 42.0. The Morgan fingerprint density at radius 2 is 1.69 bits per heavy atom. The lowest BCUT2D eigenvalue weighted by Crippen LogP contribution is -2.54. The van der Waals surface area contributed by atoms with Crippen LogP contribution in [0.5, 0.6) is 0 Å². The zero-order valence-corrected chi connectivity index (χ0v) is 18.5. The Labute approximate surface area is 194 Å². The van der Waals surface area contributed by atoms with Crippen molar-refractivity contribution in [2.75, 3.05) is 4.90 Å². The average Bonchev–Trinajstić information content (AvgIpc) is 3.19. The molecule has 32 heavy (non-hydrogen) atoms. The molecule has 0 unspecified atom stereocenters. The van der Waals surface area contributed by atoms with Crippen LogP contribution in [0.4, 0.5) is 18.9 Å². The summed E-state index contributed by atoms with van der Waals surface area (Å²) in [6, 6.07) is 15.0. The molecule has 1 N–H and O–H groups in total. The van der Waals surface area contributed by atoms with Gasteiger partial charge in [-0.05, 0) is 72.9 Å². The minimum absolute atomic E-state index is 0.0935. The Bertz CT molecular complexity index is 1270. The van der Waals surface area contributed by atoms with Gasteiger partial charge in [-0.25, -0.2) is 0 Å². The summed E-state index contributed by atoms with van der Waals surface area (Å²) in [5.74, 6) is -1.55. The molecule has 0 aliphatic carbocycles. The number of aromatic nitrogens is 1. The second kappa shape index (κ2) is 8.36. The molecular formula is C22H13BrF3N3O2S. The number of nitrogens with zero attached hydrogens (tertiary/aromatic N) is 2. The first kappa shape index (κ1) is 22.0. The number of hydrogen-bond acceptors (Lipinski definition) is 3. The molecule has 4 rings (SSSR count). The number of rotatable bonds is 3. The van der Waals surface area contributed by atoms with Gasteiger partial charge in [0.25, 0.3) is 11.8 Å². The van der Waals surface area contributed by atoms with Crippen molar-refractivity contribution in [3.8, 4) is 5.69 Å². The molecule has 1 aliphatic heterocycles. The largest absolute Gasteiger partial charge is 0.416 e. The van der Waals surface area contributed by atoms with E-state index in [4.69, 9.17) is 12.2 Å². The fourth-order valence-electron chi connectivity index (χ4n) is 3.21. The molecule has 1 aromatic heterocycles. The number of carbonyl (C=O) groups is 2. The van der Waals surface area contributed by atoms with E-state index in [-0.39, 0.29) is 16.4 Å². The average molecular weight is 520 g/mol. The third kappa shape index (κ3) is 4.23. The van der Waals surface area contributed by atoms with E-state index in [0.717, 1.165) is 27.2 Å². The van der Waals surface area contributed by atoms with Crippen molar-refractivity contribution in [1.29, 1.82) is 0 Å². The van der Waals surface area contributed by atoms with Gasteiger partial charge < -0.3 is 4.57 Å². The van der Waals surface area contributed by atoms with Crippen molar-refractivity contribution in [1.82, 2.24) is 9.88 Å². The van der Waals surface area contributed by atoms with Gasteiger partial charge in [-0.3, -0.25) is 19.8 Å². The number of alkyl halides is 3. The Morgan fingerprint density at radius 3 is 2.38 bits per heavy atom. The smallest absolute Gasteiger partial charge is 0.317 e. The number of amides is 2. The van der Waals surface area contributed by atoms with Crippen LogP contribution in [0.15, 0.2) is 76.9 Å². The van der Waals surface area contributed by atoms with Crippen molar-refractivity contribution >= 4 is 56.8 Å². The van der Waals surface area contributed by atoms with Crippen molar-refractivity contribution in [3.63, 3.8) is 0 Å². The quantitative estimate of drug-likeness (QED) is 0.298. The number of nitrogens with one attached hydrogen (secondary N) is 1. The summed E-state index contributed by atoms with van der Waals surface area (Å²) >= 11 is 8.44. The highest BCUT2D eigenvalue weighted by molar-refractivity contribution is 9.10. The summed E-state index contributed by atoms with van der Waals surface area (Å²) in [7, 11) is 0. The van der Waals surface area contributed by atoms with Crippen LogP contribution in [0.2, 0.25) is 0 Å². The van der Waals surface area contributed by atoms with Gasteiger partial charge in [0.05, 0.1) is 11.3 Å². The first-order chi connectivity index (χ1) is 15.1. The molecule has 0 saturated carbocycles. The Hall–Kier alpha value is -3.24. The van der Waals surface area contributed by atoms with Crippen molar-refractivity contribution in [3.05, 3.63) is 88.2 Å². The first-order valence-electron chi connectivity index (χ1n) is 9.17. The van der Waals surface area contributed by atoms with E-state index in [9.17, 15) is 22.8 Å². The van der Waals surface area contributed by atoms with E-state index in [2.05, 4.69) is 21.2 Å². The first-order valence-corrected chi connectivity index (χ1v) is 10.4. The van der Waals surface area contributed by atoms with E-state index in [1.54, 1.807) is 22.9 Å². The van der Waals surface area contributed by atoms with Crippen LogP contribution in [0.25, 0.3) is 11.8 Å². The highest BCUT2D eigenvalue weighted by Gasteiger charge is 2.36. The number of halogens is 4. The van der Waals surface area contributed by atoms with Crippen molar-refractivity contribution in [2.45, 2.75) is 6.18 Å². The number of benzene rings is 2. The Morgan fingerprint density at radius 1 is 0.969 bits per heavy atom. The molecule has 1 aliphatic rings. The summed E-state index contributed by atoms with van der Waals surface area (Å²) in [6.07, 6.45) is -1.46. The van der Waals surface area contributed by atoms with Gasteiger partial charge in [0.2, 0.25) is 0 Å². The van der Waals surface area contributed by atoms with E-state index in [1.165, 1.54) is 18.2 Å². The maximum atomic E-state index is 13.1. The highest BCUT2D eigenvalue weighted by Crippen LogP contribution is 2.32.